The third kappa shape index (κ3) is 1.92. The monoisotopic (exact) mass is 410 g/mol. The average Bonchev–Trinajstić information content (AvgIpc) is 2.09. The number of benzene rings is 2. The summed E-state index contributed by atoms with van der Waals surface area (Å²) < 4.78 is 3.53. The summed E-state index contributed by atoms with van der Waals surface area (Å²) >= 11 is 9.38. The number of rotatable bonds is 0. The Hall–Kier alpha value is 0.390. The smallest absolute Gasteiger partial charge is 0.0315 e. The highest BCUT2D eigenvalue weighted by atomic mass is 127. The zero-order valence-corrected chi connectivity index (χ0v) is 11.9. The summed E-state index contributed by atoms with van der Waals surface area (Å²) in [6.07, 6.45) is 0. The molecule has 0 atom stereocenters. The fourth-order valence-corrected chi connectivity index (χ4v) is 2.56. The molecule has 0 heterocycles. The van der Waals surface area contributed by atoms with Crippen LogP contribution >= 0.6 is 54.5 Å². The molecule has 0 fully saturated rings. The van der Waals surface area contributed by atoms with E-state index in [1.807, 2.05) is 0 Å². The molecule has 0 aliphatic carbocycles. The molecule has 0 aromatic heterocycles. The van der Waals surface area contributed by atoms with Crippen molar-refractivity contribution >= 4 is 65.2 Å². The van der Waals surface area contributed by atoms with E-state index in [-0.39, 0.29) is 0 Å². The van der Waals surface area contributed by atoms with Gasteiger partial charge in [0.2, 0.25) is 0 Å². The van der Waals surface area contributed by atoms with Gasteiger partial charge in [-0.1, -0.05) is 28.1 Å². The third-order valence-electron chi connectivity index (χ3n) is 1.87. The molecule has 0 aliphatic heterocycles. The van der Waals surface area contributed by atoms with Crippen molar-refractivity contribution < 1.29 is 0 Å². The number of hydrogen-bond acceptors (Lipinski definition) is 0. The highest BCUT2D eigenvalue weighted by Gasteiger charge is 2.01. The molecule has 0 aliphatic rings. The van der Waals surface area contributed by atoms with Crippen LogP contribution in [0.3, 0.4) is 0 Å². The van der Waals surface area contributed by atoms with Gasteiger partial charge in [-0.25, -0.2) is 0 Å². The van der Waals surface area contributed by atoms with Crippen LogP contribution < -0.4 is 0 Å². The molecule has 0 saturated heterocycles. The summed E-state index contributed by atoms with van der Waals surface area (Å²) in [5.74, 6) is 0. The maximum Gasteiger partial charge on any atom is 0.0315 e. The lowest BCUT2D eigenvalue weighted by Crippen LogP contribution is -1.78. The summed E-state index contributed by atoms with van der Waals surface area (Å²) in [4.78, 5) is 0. The SMILES string of the molecule is Brc1cc2c(Br)cccc2cc1I. The van der Waals surface area contributed by atoms with Crippen LogP contribution in [0.4, 0.5) is 0 Å². The first-order valence-corrected chi connectivity index (χ1v) is 6.38. The van der Waals surface area contributed by atoms with Gasteiger partial charge < -0.3 is 0 Å². The maximum absolute atomic E-state index is 3.53. The average molecular weight is 412 g/mol. The summed E-state index contributed by atoms with van der Waals surface area (Å²) in [6, 6.07) is 10.5. The van der Waals surface area contributed by atoms with Crippen molar-refractivity contribution in [3.05, 3.63) is 42.8 Å². The second-order valence-electron chi connectivity index (χ2n) is 2.73. The summed E-state index contributed by atoms with van der Waals surface area (Å²) in [7, 11) is 0. The van der Waals surface area contributed by atoms with Crippen LogP contribution in [0.2, 0.25) is 0 Å². The summed E-state index contributed by atoms with van der Waals surface area (Å²) in [5, 5.41) is 2.51. The Morgan fingerprint density at radius 3 is 2.54 bits per heavy atom. The van der Waals surface area contributed by atoms with E-state index in [4.69, 9.17) is 0 Å². The molecule has 13 heavy (non-hydrogen) atoms. The van der Waals surface area contributed by atoms with E-state index in [1.54, 1.807) is 0 Å². The van der Waals surface area contributed by atoms with Gasteiger partial charge in [0, 0.05) is 12.5 Å². The predicted octanol–water partition coefficient (Wildman–Crippen LogP) is 4.97. The Morgan fingerprint density at radius 2 is 1.77 bits per heavy atom. The Kier molecular flexibility index (Phi) is 2.95. The Bertz CT molecular complexity index is 466. The van der Waals surface area contributed by atoms with E-state index in [0.29, 0.717) is 0 Å². The van der Waals surface area contributed by atoms with E-state index in [9.17, 15) is 0 Å². The number of fused-ring (bicyclic) bond motifs is 1. The molecular weight excluding hydrogens is 407 g/mol. The normalized spacial score (nSPS) is 10.7. The minimum absolute atomic E-state index is 1.14. The molecule has 0 N–H and O–H groups in total. The minimum atomic E-state index is 1.14. The highest BCUT2D eigenvalue weighted by molar-refractivity contribution is 14.1. The maximum atomic E-state index is 3.53. The molecule has 0 amide bonds. The molecule has 2 rings (SSSR count). The van der Waals surface area contributed by atoms with Crippen molar-refractivity contribution in [3.63, 3.8) is 0 Å². The van der Waals surface area contributed by atoms with Crippen LogP contribution in [-0.4, -0.2) is 0 Å². The number of halogens is 3. The molecule has 0 spiro atoms. The lowest BCUT2D eigenvalue weighted by Gasteiger charge is -2.02. The van der Waals surface area contributed by atoms with E-state index in [0.717, 1.165) is 8.95 Å². The zero-order chi connectivity index (χ0) is 9.42. The van der Waals surface area contributed by atoms with Crippen molar-refractivity contribution in [3.8, 4) is 0 Å². The Balaban J connectivity index is 2.89. The van der Waals surface area contributed by atoms with Gasteiger partial charge in [0.25, 0.3) is 0 Å². The largest absolute Gasteiger partial charge is 0.0605 e. The van der Waals surface area contributed by atoms with Gasteiger partial charge in [-0.2, -0.15) is 0 Å². The minimum Gasteiger partial charge on any atom is -0.0605 e. The highest BCUT2D eigenvalue weighted by Crippen LogP contribution is 2.30. The molecule has 0 nitrogen and oxygen atoms in total. The van der Waals surface area contributed by atoms with Crippen molar-refractivity contribution in [1.29, 1.82) is 0 Å². The first-order chi connectivity index (χ1) is 6.18. The van der Waals surface area contributed by atoms with E-state index >= 15 is 0 Å². The summed E-state index contributed by atoms with van der Waals surface area (Å²) in [5.41, 5.74) is 0. The van der Waals surface area contributed by atoms with Crippen LogP contribution in [0.15, 0.2) is 39.3 Å². The second-order valence-corrected chi connectivity index (χ2v) is 5.60. The molecular formula is C10H5Br2I. The first-order valence-electron chi connectivity index (χ1n) is 3.72. The Morgan fingerprint density at radius 1 is 1.00 bits per heavy atom. The zero-order valence-electron chi connectivity index (χ0n) is 6.52. The molecule has 66 valence electrons. The molecule has 0 bridgehead atoms. The van der Waals surface area contributed by atoms with Gasteiger partial charge in [0.1, 0.15) is 0 Å². The van der Waals surface area contributed by atoms with Gasteiger partial charge in [0.15, 0.2) is 0 Å². The van der Waals surface area contributed by atoms with Gasteiger partial charge >= 0.3 is 0 Å². The van der Waals surface area contributed by atoms with Crippen molar-refractivity contribution in [2.24, 2.45) is 0 Å². The fraction of sp³-hybridized carbons (Fsp3) is 0. The topological polar surface area (TPSA) is 0 Å². The van der Waals surface area contributed by atoms with Gasteiger partial charge in [-0.15, -0.1) is 0 Å². The standard InChI is InChI=1S/C10H5Br2I/c11-8-3-1-2-6-4-10(13)9(12)5-7(6)8/h1-5H. The number of hydrogen-bond donors (Lipinski definition) is 0. The van der Waals surface area contributed by atoms with Crippen molar-refractivity contribution in [2.45, 2.75) is 0 Å². The van der Waals surface area contributed by atoms with Crippen LogP contribution in [0.1, 0.15) is 0 Å². The van der Waals surface area contributed by atoms with Crippen LogP contribution in [0, 0.1) is 3.57 Å². The lowest BCUT2D eigenvalue weighted by atomic mass is 10.1. The van der Waals surface area contributed by atoms with Crippen molar-refractivity contribution in [2.75, 3.05) is 0 Å². The Labute approximate surface area is 107 Å². The lowest BCUT2D eigenvalue weighted by molar-refractivity contribution is 1.62. The van der Waals surface area contributed by atoms with E-state index in [1.165, 1.54) is 14.3 Å². The molecule has 0 saturated carbocycles. The first kappa shape index (κ1) is 9.93. The third-order valence-corrected chi connectivity index (χ3v) is 4.85. The summed E-state index contributed by atoms with van der Waals surface area (Å²) in [6.45, 7) is 0. The van der Waals surface area contributed by atoms with Gasteiger partial charge in [-0.3, -0.25) is 0 Å². The fourth-order valence-electron chi connectivity index (χ4n) is 1.23. The van der Waals surface area contributed by atoms with E-state index in [2.05, 4.69) is 84.8 Å². The van der Waals surface area contributed by atoms with E-state index < -0.39 is 0 Å². The second kappa shape index (κ2) is 3.87. The van der Waals surface area contributed by atoms with Crippen LogP contribution in [-0.2, 0) is 0 Å². The molecule has 0 radical (unpaired) electrons. The molecule has 3 heteroatoms. The van der Waals surface area contributed by atoms with Crippen LogP contribution in [0.5, 0.6) is 0 Å². The van der Waals surface area contributed by atoms with Gasteiger partial charge in [-0.05, 0) is 67.5 Å². The van der Waals surface area contributed by atoms with Crippen LogP contribution in [0.25, 0.3) is 10.8 Å². The molecule has 2 aromatic carbocycles. The molecule has 2 aromatic rings. The van der Waals surface area contributed by atoms with Gasteiger partial charge in [0.05, 0.1) is 0 Å². The van der Waals surface area contributed by atoms with Crippen molar-refractivity contribution in [1.82, 2.24) is 0 Å². The predicted molar refractivity (Wildman–Crippen MR) is 72.1 cm³/mol. The molecule has 0 unspecified atom stereocenters. The quantitative estimate of drug-likeness (QED) is 0.537.